The molecule has 35 heavy (non-hydrogen) atoms. The maximum Gasteiger partial charge on any atom is 0.359 e. The molecule has 3 rings (SSSR count). The normalized spacial score (nSPS) is 15.3. The molecule has 0 radical (unpaired) electrons. The first-order valence-electron chi connectivity index (χ1n) is 11.2. The van der Waals surface area contributed by atoms with Gasteiger partial charge in [0.1, 0.15) is 5.75 Å². The van der Waals surface area contributed by atoms with E-state index in [0.29, 0.717) is 24.5 Å². The molecule has 1 saturated heterocycles. The Morgan fingerprint density at radius 3 is 2.23 bits per heavy atom. The van der Waals surface area contributed by atoms with Gasteiger partial charge in [0.15, 0.2) is 6.54 Å². The Hall–Kier alpha value is -3.22. The van der Waals surface area contributed by atoms with Gasteiger partial charge in [-0.2, -0.15) is 4.31 Å². The third kappa shape index (κ3) is 6.08. The topological polar surface area (TPSA) is 130 Å². The highest BCUT2D eigenvalue weighted by molar-refractivity contribution is 7.89. The second kappa shape index (κ2) is 10.2. The van der Waals surface area contributed by atoms with Crippen LogP contribution in [0.3, 0.4) is 0 Å². The van der Waals surface area contributed by atoms with Crippen molar-refractivity contribution in [2.24, 2.45) is 0 Å². The van der Waals surface area contributed by atoms with Crippen LogP contribution in [0.2, 0.25) is 0 Å². The number of likely N-dealkylation sites (N-methyl/N-ethyl adjacent to an activating group) is 1. The van der Waals surface area contributed by atoms with Crippen LogP contribution < -0.4 is 14.1 Å². The molecule has 1 aliphatic rings. The van der Waals surface area contributed by atoms with Gasteiger partial charge in [0.25, 0.3) is 0 Å². The number of carboxylic acids is 1. The van der Waals surface area contributed by atoms with Crippen LogP contribution in [0, 0.1) is 10.1 Å². The van der Waals surface area contributed by atoms with Crippen molar-refractivity contribution in [2.45, 2.75) is 24.8 Å². The second-order valence-electron chi connectivity index (χ2n) is 9.20. The van der Waals surface area contributed by atoms with Crippen LogP contribution in [0.15, 0.2) is 47.4 Å². The summed E-state index contributed by atoms with van der Waals surface area (Å²) in [6.45, 7) is 4.72. The molecule has 0 spiro atoms. The van der Waals surface area contributed by atoms with Gasteiger partial charge in [0.05, 0.1) is 30.0 Å². The van der Waals surface area contributed by atoms with Gasteiger partial charge in [0.2, 0.25) is 15.7 Å². The van der Waals surface area contributed by atoms with E-state index in [0.717, 1.165) is 0 Å². The quantitative estimate of drug-likeness (QED) is 0.311. The molecule has 0 aliphatic carbocycles. The summed E-state index contributed by atoms with van der Waals surface area (Å²) < 4.78 is 33.0. The first-order valence-corrected chi connectivity index (χ1v) is 12.6. The molecule has 1 aliphatic heterocycles. The maximum absolute atomic E-state index is 13.1. The number of nitro groups is 1. The third-order valence-electron chi connectivity index (χ3n) is 5.78. The van der Waals surface area contributed by atoms with E-state index in [1.165, 1.54) is 22.5 Å². The lowest BCUT2D eigenvalue weighted by molar-refractivity contribution is -0.384. The average molecular weight is 508 g/mol. The van der Waals surface area contributed by atoms with Crippen molar-refractivity contribution in [2.75, 3.05) is 51.7 Å². The Bertz CT molecular complexity index is 1190. The number of quaternary nitrogens is 1. The van der Waals surface area contributed by atoms with Crippen molar-refractivity contribution in [1.29, 1.82) is 0 Å². The fraction of sp³-hybridized carbons (Fsp3) is 0.435. The number of anilines is 1. The summed E-state index contributed by atoms with van der Waals surface area (Å²) in [5.74, 6) is -0.473. The number of ether oxygens (including phenoxy) is 1. The third-order valence-corrected chi connectivity index (χ3v) is 7.69. The predicted molar refractivity (Wildman–Crippen MR) is 132 cm³/mol. The van der Waals surface area contributed by atoms with Crippen LogP contribution in [0.1, 0.15) is 13.8 Å². The lowest BCUT2D eigenvalue weighted by Gasteiger charge is -2.36. The Balaban J connectivity index is 1.77. The summed E-state index contributed by atoms with van der Waals surface area (Å²) in [5.41, 5.74) is 0.786. The van der Waals surface area contributed by atoms with Gasteiger partial charge in [-0.15, -0.1) is 0 Å². The van der Waals surface area contributed by atoms with Crippen LogP contribution in [0.4, 0.5) is 17.1 Å². The fourth-order valence-electron chi connectivity index (χ4n) is 4.07. The summed E-state index contributed by atoms with van der Waals surface area (Å²) in [4.78, 5) is 24.5. The van der Waals surface area contributed by atoms with E-state index < -0.39 is 20.9 Å². The number of hydrogen-bond acceptors (Lipinski definition) is 7. The molecule has 2 aromatic carbocycles. The Morgan fingerprint density at radius 2 is 1.71 bits per heavy atom. The van der Waals surface area contributed by atoms with Crippen LogP contribution in [0.25, 0.3) is 0 Å². The van der Waals surface area contributed by atoms with Crippen molar-refractivity contribution in [1.82, 2.24) is 8.79 Å². The highest BCUT2D eigenvalue weighted by Gasteiger charge is 2.34. The summed E-state index contributed by atoms with van der Waals surface area (Å²) >= 11 is 0. The molecule has 0 atom stereocenters. The van der Waals surface area contributed by atoms with E-state index in [-0.39, 0.29) is 46.5 Å². The molecule has 1 fully saturated rings. The number of benzene rings is 2. The molecular weight excluding hydrogens is 476 g/mol. The number of nitro benzene ring substituents is 1. The van der Waals surface area contributed by atoms with Gasteiger partial charge >= 0.3 is 11.7 Å². The molecule has 190 valence electrons. The molecule has 0 bridgehead atoms. The molecule has 11 nitrogen and oxygen atoms in total. The first-order chi connectivity index (χ1) is 16.3. The number of sulfonamides is 1. The molecule has 0 unspecified atom stereocenters. The van der Waals surface area contributed by atoms with E-state index in [9.17, 15) is 28.4 Å². The van der Waals surface area contributed by atoms with E-state index in [1.54, 1.807) is 38.4 Å². The van der Waals surface area contributed by atoms with Gasteiger partial charge < -0.3 is 14.7 Å². The van der Waals surface area contributed by atoms with Crippen LogP contribution >= 0.6 is 0 Å². The van der Waals surface area contributed by atoms with Crippen molar-refractivity contribution in [3.05, 3.63) is 52.6 Å². The molecule has 0 amide bonds. The van der Waals surface area contributed by atoms with Gasteiger partial charge in [0, 0.05) is 44.0 Å². The molecule has 12 heteroatoms. The van der Waals surface area contributed by atoms with E-state index >= 15 is 0 Å². The summed E-state index contributed by atoms with van der Waals surface area (Å²) in [6.07, 6.45) is -0.0148. The number of carboxylic acid groups (broad SMARTS) is 1. The minimum atomic E-state index is -3.68. The fourth-order valence-corrected chi connectivity index (χ4v) is 5.49. The molecular formula is C23H31N4O7S+. The highest BCUT2D eigenvalue weighted by atomic mass is 32.2. The van der Waals surface area contributed by atoms with E-state index in [1.807, 2.05) is 18.7 Å². The summed E-state index contributed by atoms with van der Waals surface area (Å²) in [7, 11) is -0.483. The molecule has 2 aromatic rings. The number of hydrogen-bond donors (Lipinski definition) is 1. The van der Waals surface area contributed by atoms with E-state index in [4.69, 9.17) is 4.74 Å². The zero-order chi connectivity index (χ0) is 26.0. The zero-order valence-electron chi connectivity index (χ0n) is 20.2. The lowest BCUT2D eigenvalue weighted by Crippen LogP contribution is -2.49. The Labute approximate surface area is 204 Å². The maximum atomic E-state index is 13.1. The number of rotatable bonds is 9. The smallest absolute Gasteiger partial charge is 0.359 e. The molecule has 0 aromatic heterocycles. The van der Waals surface area contributed by atoms with Crippen molar-refractivity contribution >= 4 is 33.1 Å². The van der Waals surface area contributed by atoms with Crippen molar-refractivity contribution in [3.8, 4) is 5.75 Å². The molecule has 1 N–H and O–H groups in total. The van der Waals surface area contributed by atoms with Gasteiger partial charge in [-0.05, 0) is 44.2 Å². The summed E-state index contributed by atoms with van der Waals surface area (Å²) in [6, 6.07) is 10.9. The monoisotopic (exact) mass is 507 g/mol. The number of piperazine rings is 1. The van der Waals surface area contributed by atoms with Gasteiger partial charge in [-0.1, -0.05) is 0 Å². The minimum Gasteiger partial charge on any atom is -0.491 e. The number of carbonyl (C=O) groups is 1. The largest absolute Gasteiger partial charge is 0.491 e. The standard InChI is InChI=1S/C23H30N4O7S/c1-17(2)34-19-6-8-20(9-7-19)35(32,33)25-13-11-24(12-14-25)18-5-10-21(26(30)31)22(15-18)27(3,4)16-23(28)29/h5-10,15,17H,11-14,16H2,1-4H3/p+1. The predicted octanol–water partition coefficient (Wildman–Crippen LogP) is 2.54. The van der Waals surface area contributed by atoms with Crippen LogP contribution in [-0.4, -0.2) is 81.6 Å². The van der Waals surface area contributed by atoms with Crippen molar-refractivity contribution in [3.63, 3.8) is 0 Å². The zero-order valence-corrected chi connectivity index (χ0v) is 21.1. The van der Waals surface area contributed by atoms with Crippen LogP contribution in [0.5, 0.6) is 5.75 Å². The lowest BCUT2D eigenvalue weighted by atomic mass is 10.1. The van der Waals surface area contributed by atoms with E-state index in [2.05, 4.69) is 0 Å². The van der Waals surface area contributed by atoms with Gasteiger partial charge in [-0.3, -0.25) is 14.6 Å². The SMILES string of the molecule is CC(C)Oc1ccc(S(=O)(=O)N2CCN(c3ccc([N+](=O)[O-])c([N+](C)(C)CC(=O)O)c3)CC2)cc1. The second-order valence-corrected chi connectivity index (χ2v) is 11.1. The average Bonchev–Trinajstić information content (AvgIpc) is 2.78. The van der Waals surface area contributed by atoms with Crippen molar-refractivity contribution < 1.29 is 28.0 Å². The highest BCUT2D eigenvalue weighted by Crippen LogP contribution is 2.35. The minimum absolute atomic E-state index is 0.0148. The van der Waals surface area contributed by atoms with Crippen LogP contribution in [-0.2, 0) is 14.8 Å². The first kappa shape index (κ1) is 26.4. The molecule has 1 heterocycles. The van der Waals surface area contributed by atoms with Gasteiger partial charge in [-0.25, -0.2) is 13.2 Å². The Kier molecular flexibility index (Phi) is 7.68. The Morgan fingerprint density at radius 1 is 1.11 bits per heavy atom. The summed E-state index contributed by atoms with van der Waals surface area (Å²) in [5, 5.41) is 20.8. The number of nitrogens with zero attached hydrogens (tertiary/aromatic N) is 4. The molecule has 0 saturated carbocycles. The number of aliphatic carboxylic acids is 1.